The number of unbranched alkanes of at least 4 members (excludes halogenated alkanes) is 44. The second kappa shape index (κ2) is 70.4. The molecule has 99 heavy (non-hydrogen) atoms. The normalized spacial score (nSPS) is 14.5. The van der Waals surface area contributed by atoms with E-state index >= 15 is 0 Å². The van der Waals surface area contributed by atoms with Crippen LogP contribution in [0.4, 0.5) is 0 Å². The van der Waals surface area contributed by atoms with Crippen LogP contribution in [-0.4, -0.2) is 96.7 Å². The molecular weight excluding hydrogens is 1290 g/mol. The van der Waals surface area contributed by atoms with Crippen LogP contribution in [0.1, 0.15) is 414 Å². The first-order chi connectivity index (χ1) is 47.8. The molecule has 7 atom stereocenters. The fourth-order valence-electron chi connectivity index (χ4n) is 12.2. The Morgan fingerprint density at radius 3 is 0.768 bits per heavy atom. The Bertz CT molecular complexity index is 1930. The van der Waals surface area contributed by atoms with Gasteiger partial charge >= 0.3 is 39.5 Å². The third-order valence-corrected chi connectivity index (χ3v) is 21.3. The molecule has 19 heteroatoms. The molecule has 0 rings (SSSR count). The second-order valence-corrected chi connectivity index (χ2v) is 32.7. The van der Waals surface area contributed by atoms with Crippen molar-refractivity contribution in [2.45, 2.75) is 433 Å². The lowest BCUT2D eigenvalue weighted by molar-refractivity contribution is -0.161. The summed E-state index contributed by atoms with van der Waals surface area (Å²) in [4.78, 5) is 73.0. The van der Waals surface area contributed by atoms with E-state index < -0.39 is 97.5 Å². The van der Waals surface area contributed by atoms with Gasteiger partial charge in [-0.3, -0.25) is 37.3 Å². The summed E-state index contributed by atoms with van der Waals surface area (Å²) in [6.07, 6.45) is 58.0. The Morgan fingerprint density at radius 2 is 0.515 bits per heavy atom. The summed E-state index contributed by atoms with van der Waals surface area (Å²) in [6, 6.07) is 0. The molecule has 4 unspecified atom stereocenters. The first kappa shape index (κ1) is 97.1. The maximum atomic E-state index is 13.1. The van der Waals surface area contributed by atoms with Crippen molar-refractivity contribution in [1.29, 1.82) is 0 Å². The number of aliphatic hydroxyl groups excluding tert-OH is 1. The van der Waals surface area contributed by atoms with E-state index in [9.17, 15) is 43.2 Å². The highest BCUT2D eigenvalue weighted by atomic mass is 31.2. The Balaban J connectivity index is 5.27. The van der Waals surface area contributed by atoms with Gasteiger partial charge in [-0.1, -0.05) is 363 Å². The van der Waals surface area contributed by atoms with Crippen LogP contribution in [0, 0.1) is 17.8 Å². The minimum Gasteiger partial charge on any atom is -0.462 e. The van der Waals surface area contributed by atoms with Crippen molar-refractivity contribution in [2.75, 3.05) is 39.6 Å². The van der Waals surface area contributed by atoms with Crippen LogP contribution in [0.2, 0.25) is 0 Å². The lowest BCUT2D eigenvalue weighted by Gasteiger charge is -2.21. The molecule has 0 aromatic heterocycles. The molecule has 0 aliphatic carbocycles. The van der Waals surface area contributed by atoms with E-state index in [0.717, 1.165) is 108 Å². The van der Waals surface area contributed by atoms with Crippen LogP contribution in [0.15, 0.2) is 0 Å². The van der Waals surface area contributed by atoms with Crippen LogP contribution in [0.3, 0.4) is 0 Å². The molecular formula is C80H156O17P2. The van der Waals surface area contributed by atoms with Gasteiger partial charge in [-0.05, 0) is 43.4 Å². The van der Waals surface area contributed by atoms with Crippen molar-refractivity contribution < 1.29 is 80.2 Å². The molecule has 0 radical (unpaired) electrons. The predicted molar refractivity (Wildman–Crippen MR) is 405 cm³/mol. The second-order valence-electron chi connectivity index (χ2n) is 29.8. The largest absolute Gasteiger partial charge is 0.472 e. The lowest BCUT2D eigenvalue weighted by Crippen LogP contribution is -2.30. The van der Waals surface area contributed by atoms with Gasteiger partial charge in [0, 0.05) is 25.7 Å². The molecule has 0 fully saturated rings. The molecule has 0 heterocycles. The zero-order valence-corrected chi connectivity index (χ0v) is 66.8. The van der Waals surface area contributed by atoms with Gasteiger partial charge in [-0.25, -0.2) is 9.13 Å². The standard InChI is InChI=1S/C80H156O17P2/c1-8-11-12-13-14-15-16-17-18-22-25-33-40-47-54-61-77(82)90-67-75(96-79(84)63-56-49-42-34-26-23-20-19-21-24-31-38-45-52-59-72(6)9-2)69-94-98(86,87)92-65-74(81)66-93-99(88,89)95-70-76(68-91-78(83)62-55-48-41-36-29-30-37-44-51-58-71(4)5)97-80(85)64-57-50-43-35-28-27-32-39-46-53-60-73(7)10-3/h71-76,81H,8-70H2,1-7H3,(H,86,87)(H,88,89)/t72?,73?,74-,75-,76-/m1/s1. The Labute approximate surface area is 607 Å². The maximum Gasteiger partial charge on any atom is 0.472 e. The predicted octanol–water partition coefficient (Wildman–Crippen LogP) is 23.7. The third-order valence-electron chi connectivity index (χ3n) is 19.4. The lowest BCUT2D eigenvalue weighted by atomic mass is 9.99. The highest BCUT2D eigenvalue weighted by Crippen LogP contribution is 2.45. The first-order valence-corrected chi connectivity index (χ1v) is 44.4. The number of ether oxygens (including phenoxy) is 4. The molecule has 3 N–H and O–H groups in total. The van der Waals surface area contributed by atoms with E-state index in [1.54, 1.807) is 0 Å². The quantitative estimate of drug-likeness (QED) is 0.0222. The van der Waals surface area contributed by atoms with Crippen molar-refractivity contribution in [3.05, 3.63) is 0 Å². The average Bonchev–Trinajstić information content (AvgIpc) is 1.03. The minimum absolute atomic E-state index is 0.106. The third kappa shape index (κ3) is 71.5. The topological polar surface area (TPSA) is 237 Å². The molecule has 17 nitrogen and oxygen atoms in total. The van der Waals surface area contributed by atoms with E-state index in [1.807, 2.05) is 0 Å². The number of carbonyl (C=O) groups excluding carboxylic acids is 4. The number of hydrogen-bond acceptors (Lipinski definition) is 15. The van der Waals surface area contributed by atoms with Crippen LogP contribution in [0.5, 0.6) is 0 Å². The number of aliphatic hydroxyl groups is 1. The summed E-state index contributed by atoms with van der Waals surface area (Å²) in [6.45, 7) is 12.0. The van der Waals surface area contributed by atoms with Crippen LogP contribution < -0.4 is 0 Å². The smallest absolute Gasteiger partial charge is 0.462 e. The highest BCUT2D eigenvalue weighted by molar-refractivity contribution is 7.47. The van der Waals surface area contributed by atoms with E-state index in [1.165, 1.54) is 225 Å². The van der Waals surface area contributed by atoms with Gasteiger partial charge in [0.25, 0.3) is 0 Å². The first-order valence-electron chi connectivity index (χ1n) is 41.4. The average molecular weight is 1450 g/mol. The van der Waals surface area contributed by atoms with Gasteiger partial charge in [0.2, 0.25) is 0 Å². The van der Waals surface area contributed by atoms with Crippen LogP contribution in [0.25, 0.3) is 0 Å². The molecule has 588 valence electrons. The Kier molecular flexibility index (Phi) is 69.0. The molecule has 0 amide bonds. The van der Waals surface area contributed by atoms with Crippen molar-refractivity contribution in [2.24, 2.45) is 17.8 Å². The van der Waals surface area contributed by atoms with Crippen molar-refractivity contribution in [3.8, 4) is 0 Å². The Morgan fingerprint density at radius 1 is 0.293 bits per heavy atom. The van der Waals surface area contributed by atoms with E-state index in [2.05, 4.69) is 48.5 Å². The summed E-state index contributed by atoms with van der Waals surface area (Å²) in [5, 5.41) is 10.6. The fourth-order valence-corrected chi connectivity index (χ4v) is 13.8. The number of carbonyl (C=O) groups is 4. The Hall–Kier alpha value is -1.94. The SMILES string of the molecule is CCCCCCCCCCCCCCCCCC(=O)OC[C@H](COP(=O)(O)OC[C@@H](O)COP(=O)(O)OC[C@@H](COC(=O)CCCCCCCCCCCC(C)C)OC(=O)CCCCCCCCCCCCC(C)CC)OC(=O)CCCCCCCCCCCCCCCCC(C)CC. The number of phosphoric acid groups is 2. The number of phosphoric ester groups is 2. The number of rotatable bonds is 78. The van der Waals surface area contributed by atoms with E-state index in [0.29, 0.717) is 25.7 Å². The highest BCUT2D eigenvalue weighted by Gasteiger charge is 2.30. The van der Waals surface area contributed by atoms with Crippen LogP contribution in [-0.2, 0) is 65.4 Å². The molecule has 0 saturated heterocycles. The number of esters is 4. The molecule has 0 spiro atoms. The van der Waals surface area contributed by atoms with Crippen molar-refractivity contribution in [3.63, 3.8) is 0 Å². The summed E-state index contributed by atoms with van der Waals surface area (Å²) >= 11 is 0. The van der Waals surface area contributed by atoms with Gasteiger partial charge < -0.3 is 33.8 Å². The summed E-state index contributed by atoms with van der Waals surface area (Å²) < 4.78 is 68.7. The maximum absolute atomic E-state index is 13.1. The van der Waals surface area contributed by atoms with Crippen molar-refractivity contribution in [1.82, 2.24) is 0 Å². The van der Waals surface area contributed by atoms with Crippen molar-refractivity contribution >= 4 is 39.5 Å². The molecule has 0 aromatic rings. The monoisotopic (exact) mass is 1450 g/mol. The molecule has 0 aliphatic rings. The van der Waals surface area contributed by atoms with E-state index in [-0.39, 0.29) is 25.7 Å². The molecule has 0 saturated carbocycles. The molecule has 0 aromatic carbocycles. The van der Waals surface area contributed by atoms with Gasteiger partial charge in [0.05, 0.1) is 26.4 Å². The van der Waals surface area contributed by atoms with Crippen LogP contribution >= 0.6 is 15.6 Å². The summed E-state index contributed by atoms with van der Waals surface area (Å²) in [5.41, 5.74) is 0. The summed E-state index contributed by atoms with van der Waals surface area (Å²) in [5.74, 6) is 0.282. The zero-order valence-electron chi connectivity index (χ0n) is 65.0. The van der Waals surface area contributed by atoms with Gasteiger partial charge in [0.15, 0.2) is 12.2 Å². The minimum atomic E-state index is -4.96. The number of hydrogen-bond donors (Lipinski definition) is 3. The molecule has 0 bridgehead atoms. The van der Waals surface area contributed by atoms with Gasteiger partial charge in [0.1, 0.15) is 19.3 Å². The van der Waals surface area contributed by atoms with E-state index in [4.69, 9.17) is 37.0 Å². The molecule has 0 aliphatic heterocycles. The summed E-state index contributed by atoms with van der Waals surface area (Å²) in [7, 11) is -9.92. The zero-order chi connectivity index (χ0) is 73.0. The van der Waals surface area contributed by atoms with Gasteiger partial charge in [-0.15, -0.1) is 0 Å². The van der Waals surface area contributed by atoms with Gasteiger partial charge in [-0.2, -0.15) is 0 Å². The fraction of sp³-hybridized carbons (Fsp3) is 0.950.